The number of carbonyl (C=O) groups is 3. The number of anilines is 2. The molecule has 1 aromatic heterocycles. The first-order chi connectivity index (χ1) is 15.4. The molecule has 0 fully saturated rings. The van der Waals surface area contributed by atoms with E-state index < -0.39 is 11.9 Å². The molecule has 2 N–H and O–H groups in total. The first-order valence-electron chi connectivity index (χ1n) is 10.1. The summed E-state index contributed by atoms with van der Waals surface area (Å²) in [6.45, 7) is 5.54. The van der Waals surface area contributed by atoms with Gasteiger partial charge in [-0.25, -0.2) is 4.79 Å². The molecule has 0 unspecified atom stereocenters. The van der Waals surface area contributed by atoms with Crippen LogP contribution in [0.25, 0.3) is 6.08 Å². The normalized spacial score (nSPS) is 10.7. The van der Waals surface area contributed by atoms with Gasteiger partial charge in [-0.1, -0.05) is 48.0 Å². The molecule has 0 radical (unpaired) electrons. The van der Waals surface area contributed by atoms with Crippen LogP contribution < -0.4 is 10.6 Å². The number of para-hydroxylation sites is 1. The Hall–Kier alpha value is -3.71. The summed E-state index contributed by atoms with van der Waals surface area (Å²) in [5.41, 5.74) is 3.28. The molecule has 3 aromatic rings. The maximum atomic E-state index is 12.8. The number of nitrogens with one attached hydrogen (secondary N) is 2. The molecule has 0 aliphatic carbocycles. The average molecular weight is 449 g/mol. The van der Waals surface area contributed by atoms with Gasteiger partial charge in [0.05, 0.1) is 17.0 Å². The molecular formula is C25H24N2O4S. The molecule has 2 aromatic carbocycles. The SMILES string of the molecule is CCOC(=O)c1c(NC(=O)/C=C\c2ccc(C)cc2)sc(C(=O)Nc2ccccc2)c1C. The summed E-state index contributed by atoms with van der Waals surface area (Å²) in [6.07, 6.45) is 3.07. The molecule has 6 nitrogen and oxygen atoms in total. The van der Waals surface area contributed by atoms with Gasteiger partial charge in [0.15, 0.2) is 0 Å². The Morgan fingerprint density at radius 3 is 2.31 bits per heavy atom. The predicted octanol–water partition coefficient (Wildman–Crippen LogP) is 5.45. The summed E-state index contributed by atoms with van der Waals surface area (Å²) in [5, 5.41) is 5.81. The third kappa shape index (κ3) is 5.70. The molecule has 164 valence electrons. The van der Waals surface area contributed by atoms with Crippen LogP contribution in [0.15, 0.2) is 60.7 Å². The van der Waals surface area contributed by atoms with Crippen LogP contribution in [-0.4, -0.2) is 24.4 Å². The standard InChI is InChI=1S/C25H24N2O4S/c1-4-31-25(30)21-17(3)22(23(29)26-19-8-6-5-7-9-19)32-24(21)27-20(28)15-14-18-12-10-16(2)11-13-18/h5-15H,4H2,1-3H3,(H,26,29)(H,27,28)/b15-14-. The van der Waals surface area contributed by atoms with Crippen molar-refractivity contribution in [3.05, 3.63) is 87.8 Å². The molecule has 2 amide bonds. The molecule has 0 saturated carbocycles. The van der Waals surface area contributed by atoms with E-state index >= 15 is 0 Å². The summed E-state index contributed by atoms with van der Waals surface area (Å²) in [6, 6.07) is 16.7. The fourth-order valence-electron chi connectivity index (χ4n) is 2.98. The molecule has 0 aliphatic rings. The largest absolute Gasteiger partial charge is 0.462 e. The van der Waals surface area contributed by atoms with Crippen molar-refractivity contribution in [2.75, 3.05) is 17.2 Å². The van der Waals surface area contributed by atoms with Crippen LogP contribution in [0.5, 0.6) is 0 Å². The van der Waals surface area contributed by atoms with E-state index in [2.05, 4.69) is 10.6 Å². The monoisotopic (exact) mass is 448 g/mol. The van der Waals surface area contributed by atoms with Crippen LogP contribution in [0.2, 0.25) is 0 Å². The van der Waals surface area contributed by atoms with Gasteiger partial charge in [0.25, 0.3) is 5.91 Å². The highest BCUT2D eigenvalue weighted by Crippen LogP contribution is 2.34. The van der Waals surface area contributed by atoms with Crippen molar-refractivity contribution >= 4 is 45.9 Å². The minimum absolute atomic E-state index is 0.181. The smallest absolute Gasteiger partial charge is 0.341 e. The summed E-state index contributed by atoms with van der Waals surface area (Å²) < 4.78 is 5.15. The van der Waals surface area contributed by atoms with Crippen molar-refractivity contribution in [2.45, 2.75) is 20.8 Å². The van der Waals surface area contributed by atoms with E-state index in [1.165, 1.54) is 6.08 Å². The molecule has 0 atom stereocenters. The van der Waals surface area contributed by atoms with Gasteiger partial charge < -0.3 is 15.4 Å². The number of hydrogen-bond acceptors (Lipinski definition) is 5. The van der Waals surface area contributed by atoms with Gasteiger partial charge in [0.2, 0.25) is 5.91 Å². The zero-order valence-corrected chi connectivity index (χ0v) is 18.9. The highest BCUT2D eigenvalue weighted by molar-refractivity contribution is 7.19. The van der Waals surface area contributed by atoms with E-state index in [1.807, 2.05) is 49.4 Å². The molecule has 3 rings (SSSR count). The Bertz CT molecular complexity index is 1150. The number of thiophene rings is 1. The quantitative estimate of drug-likeness (QED) is 0.372. The second kappa shape index (κ2) is 10.5. The van der Waals surface area contributed by atoms with E-state index in [-0.39, 0.29) is 23.1 Å². The zero-order chi connectivity index (χ0) is 23.1. The summed E-state index contributed by atoms with van der Waals surface area (Å²) in [5.74, 6) is -1.36. The van der Waals surface area contributed by atoms with Crippen LogP contribution in [0.1, 0.15) is 43.6 Å². The van der Waals surface area contributed by atoms with Crippen LogP contribution in [0, 0.1) is 13.8 Å². The lowest BCUT2D eigenvalue weighted by Crippen LogP contribution is -2.13. The van der Waals surface area contributed by atoms with Crippen molar-refractivity contribution in [1.82, 2.24) is 0 Å². The third-order valence-corrected chi connectivity index (χ3v) is 5.81. The Morgan fingerprint density at radius 2 is 1.66 bits per heavy atom. The first kappa shape index (κ1) is 23.0. The zero-order valence-electron chi connectivity index (χ0n) is 18.1. The number of esters is 1. The number of amides is 2. The van der Waals surface area contributed by atoms with Gasteiger partial charge >= 0.3 is 5.97 Å². The highest BCUT2D eigenvalue weighted by Gasteiger charge is 2.26. The van der Waals surface area contributed by atoms with Gasteiger partial charge in [-0.3, -0.25) is 9.59 Å². The highest BCUT2D eigenvalue weighted by atomic mass is 32.1. The maximum absolute atomic E-state index is 12.8. The van der Waals surface area contributed by atoms with Crippen LogP contribution in [-0.2, 0) is 9.53 Å². The van der Waals surface area contributed by atoms with Crippen molar-refractivity contribution in [3.63, 3.8) is 0 Å². The Morgan fingerprint density at radius 1 is 0.969 bits per heavy atom. The molecular weight excluding hydrogens is 424 g/mol. The summed E-state index contributed by atoms with van der Waals surface area (Å²) in [4.78, 5) is 38.2. The van der Waals surface area contributed by atoms with Crippen LogP contribution in [0.4, 0.5) is 10.7 Å². The summed E-state index contributed by atoms with van der Waals surface area (Å²) in [7, 11) is 0. The fourth-order valence-corrected chi connectivity index (χ4v) is 4.07. The molecule has 7 heteroatoms. The van der Waals surface area contributed by atoms with Crippen LogP contribution >= 0.6 is 11.3 Å². The molecule has 32 heavy (non-hydrogen) atoms. The molecule has 0 aliphatic heterocycles. The number of aryl methyl sites for hydroxylation is 1. The maximum Gasteiger partial charge on any atom is 0.341 e. The van der Waals surface area contributed by atoms with Crippen molar-refractivity contribution in [3.8, 4) is 0 Å². The van der Waals surface area contributed by atoms with E-state index in [0.29, 0.717) is 16.1 Å². The van der Waals surface area contributed by atoms with E-state index in [1.54, 1.807) is 32.1 Å². The van der Waals surface area contributed by atoms with E-state index in [0.717, 1.165) is 22.5 Å². The minimum Gasteiger partial charge on any atom is -0.462 e. The lowest BCUT2D eigenvalue weighted by atomic mass is 10.1. The second-order valence-electron chi connectivity index (χ2n) is 7.03. The number of hydrogen-bond donors (Lipinski definition) is 2. The van der Waals surface area contributed by atoms with E-state index in [9.17, 15) is 14.4 Å². The van der Waals surface area contributed by atoms with Gasteiger partial charge in [0, 0.05) is 11.8 Å². The Balaban J connectivity index is 1.85. The summed E-state index contributed by atoms with van der Waals surface area (Å²) >= 11 is 1.04. The van der Waals surface area contributed by atoms with Crippen molar-refractivity contribution < 1.29 is 19.1 Å². The number of benzene rings is 2. The predicted molar refractivity (Wildman–Crippen MR) is 128 cm³/mol. The molecule has 0 saturated heterocycles. The van der Waals surface area contributed by atoms with Gasteiger partial charge in [0.1, 0.15) is 5.00 Å². The number of rotatable bonds is 7. The van der Waals surface area contributed by atoms with Crippen molar-refractivity contribution in [2.24, 2.45) is 0 Å². The fraction of sp³-hybridized carbons (Fsp3) is 0.160. The lowest BCUT2D eigenvalue weighted by Gasteiger charge is -2.06. The topological polar surface area (TPSA) is 84.5 Å². The Labute approximate surface area is 190 Å². The lowest BCUT2D eigenvalue weighted by molar-refractivity contribution is -0.111. The third-order valence-electron chi connectivity index (χ3n) is 4.61. The van der Waals surface area contributed by atoms with Gasteiger partial charge in [-0.05, 0) is 50.1 Å². The second-order valence-corrected chi connectivity index (χ2v) is 8.05. The molecule has 0 bridgehead atoms. The number of ether oxygens (including phenoxy) is 1. The van der Waals surface area contributed by atoms with Gasteiger partial charge in [-0.2, -0.15) is 0 Å². The average Bonchev–Trinajstić information content (AvgIpc) is 3.10. The first-order valence-corrected chi connectivity index (χ1v) is 10.9. The van der Waals surface area contributed by atoms with E-state index in [4.69, 9.17) is 4.74 Å². The number of carbonyl (C=O) groups excluding carboxylic acids is 3. The van der Waals surface area contributed by atoms with Gasteiger partial charge in [-0.15, -0.1) is 11.3 Å². The van der Waals surface area contributed by atoms with Crippen LogP contribution in [0.3, 0.4) is 0 Å². The minimum atomic E-state index is -0.585. The molecule has 0 spiro atoms. The van der Waals surface area contributed by atoms with Crippen molar-refractivity contribution in [1.29, 1.82) is 0 Å². The molecule has 1 heterocycles. The Kier molecular flexibility index (Phi) is 7.57.